The number of amides is 2. The Morgan fingerprint density at radius 3 is 2.36 bits per heavy atom. The molecule has 4 rings (SSSR count). The van der Waals surface area contributed by atoms with Crippen LogP contribution < -0.4 is 9.47 Å². The molecule has 170 valence electrons. The maximum absolute atomic E-state index is 12.9. The van der Waals surface area contributed by atoms with E-state index in [1.54, 1.807) is 25.3 Å². The van der Waals surface area contributed by atoms with Crippen LogP contribution in [0, 0.1) is 20.8 Å². The molecule has 1 aliphatic heterocycles. The summed E-state index contributed by atoms with van der Waals surface area (Å²) in [5, 5.41) is -0.290. The lowest BCUT2D eigenvalue weighted by Crippen LogP contribution is -2.32. The molecule has 0 radical (unpaired) electrons. The van der Waals surface area contributed by atoms with Gasteiger partial charge in [0.1, 0.15) is 6.61 Å². The Balaban J connectivity index is 1.49. The minimum absolute atomic E-state index is 0.169. The van der Waals surface area contributed by atoms with Crippen molar-refractivity contribution in [1.29, 1.82) is 0 Å². The van der Waals surface area contributed by atoms with Gasteiger partial charge in [0.25, 0.3) is 11.1 Å². The topological polar surface area (TPSA) is 60.8 Å². The average molecular weight is 463 g/mol. The highest BCUT2D eigenvalue weighted by Gasteiger charge is 2.35. The highest BCUT2D eigenvalue weighted by atomic mass is 32.2. The van der Waals surface area contributed by atoms with Crippen LogP contribution in [0.3, 0.4) is 0 Å². The van der Waals surface area contributed by atoms with Gasteiger partial charge in [-0.05, 0) is 74.5 Å². The lowest BCUT2D eigenvalue weighted by molar-refractivity contribution is -0.123. The monoisotopic (exact) mass is 462 g/mol. The van der Waals surface area contributed by atoms with Crippen LogP contribution in [0.1, 0.15) is 22.5 Å². The van der Waals surface area contributed by atoms with Crippen molar-refractivity contribution in [2.45, 2.75) is 20.8 Å². The number of hydrogen-bond acceptors (Lipinski definition) is 5. The molecule has 0 aliphatic carbocycles. The number of aryl methyl sites for hydroxylation is 2. The molecule has 1 aliphatic rings. The van der Waals surface area contributed by atoms with Gasteiger partial charge in [-0.25, -0.2) is 0 Å². The van der Waals surface area contributed by atoms with E-state index < -0.39 is 0 Å². The number of nitrogens with zero attached hydrogens (tertiary/aromatic N) is 2. The molecule has 3 aromatic rings. The first-order valence-corrected chi connectivity index (χ1v) is 11.5. The van der Waals surface area contributed by atoms with Gasteiger partial charge in [-0.1, -0.05) is 29.8 Å². The average Bonchev–Trinajstić information content (AvgIpc) is 3.23. The largest absolute Gasteiger partial charge is 0.493 e. The van der Waals surface area contributed by atoms with Gasteiger partial charge >= 0.3 is 0 Å². The molecule has 2 aromatic carbocycles. The fraction of sp³-hybridized carbons (Fsp3) is 0.231. The molecule has 6 nitrogen and oxygen atoms in total. The van der Waals surface area contributed by atoms with Crippen LogP contribution in [0.5, 0.6) is 11.5 Å². The number of carbonyl (C=O) groups is 2. The molecular weight excluding hydrogens is 436 g/mol. The van der Waals surface area contributed by atoms with Crippen molar-refractivity contribution >= 4 is 29.0 Å². The Labute approximate surface area is 197 Å². The van der Waals surface area contributed by atoms with E-state index in [1.165, 1.54) is 10.5 Å². The zero-order valence-corrected chi connectivity index (χ0v) is 19.9. The van der Waals surface area contributed by atoms with Gasteiger partial charge in [-0.3, -0.25) is 14.5 Å². The second kappa shape index (κ2) is 9.58. The third-order valence-electron chi connectivity index (χ3n) is 5.56. The van der Waals surface area contributed by atoms with Gasteiger partial charge in [0.2, 0.25) is 0 Å². The van der Waals surface area contributed by atoms with Crippen molar-refractivity contribution in [2.75, 3.05) is 20.3 Å². The summed E-state index contributed by atoms with van der Waals surface area (Å²) in [6.07, 6.45) is 1.80. The van der Waals surface area contributed by atoms with Crippen LogP contribution in [-0.4, -0.2) is 40.9 Å². The number of imide groups is 1. The summed E-state index contributed by atoms with van der Waals surface area (Å²) in [5.74, 6) is 0.885. The zero-order chi connectivity index (χ0) is 23.5. The molecule has 0 N–H and O–H groups in total. The zero-order valence-electron chi connectivity index (χ0n) is 19.1. The van der Waals surface area contributed by atoms with Crippen molar-refractivity contribution in [1.82, 2.24) is 9.47 Å². The Kier molecular flexibility index (Phi) is 6.60. The van der Waals surface area contributed by atoms with Crippen LogP contribution >= 0.6 is 11.8 Å². The summed E-state index contributed by atoms with van der Waals surface area (Å²) in [6.45, 7) is 6.47. The van der Waals surface area contributed by atoms with E-state index in [0.29, 0.717) is 16.4 Å². The second-order valence-corrected chi connectivity index (χ2v) is 8.82. The molecule has 2 heterocycles. The summed E-state index contributed by atoms with van der Waals surface area (Å²) in [4.78, 5) is 27.1. The van der Waals surface area contributed by atoms with Crippen LogP contribution in [0.4, 0.5) is 4.79 Å². The molecule has 0 unspecified atom stereocenters. The Hall–Kier alpha value is -3.45. The van der Waals surface area contributed by atoms with E-state index >= 15 is 0 Å². The lowest BCUT2D eigenvalue weighted by Gasteiger charge is -2.14. The summed E-state index contributed by atoms with van der Waals surface area (Å²) in [5.41, 5.74) is 5.26. The number of aromatic nitrogens is 1. The number of rotatable bonds is 7. The highest BCUT2D eigenvalue weighted by molar-refractivity contribution is 8.18. The first kappa shape index (κ1) is 22.7. The van der Waals surface area contributed by atoms with Crippen molar-refractivity contribution in [3.05, 3.63) is 82.0 Å². The molecule has 1 aromatic heterocycles. The molecule has 0 saturated carbocycles. The van der Waals surface area contributed by atoms with Crippen molar-refractivity contribution in [3.63, 3.8) is 0 Å². The molecule has 1 saturated heterocycles. The van der Waals surface area contributed by atoms with E-state index in [-0.39, 0.29) is 24.3 Å². The molecule has 33 heavy (non-hydrogen) atoms. The van der Waals surface area contributed by atoms with E-state index in [1.807, 2.05) is 32.0 Å². The van der Waals surface area contributed by atoms with E-state index in [0.717, 1.165) is 34.4 Å². The lowest BCUT2D eigenvalue weighted by atomic mass is 10.2. The van der Waals surface area contributed by atoms with Crippen LogP contribution in [0.2, 0.25) is 0 Å². The molecule has 0 atom stereocenters. The van der Waals surface area contributed by atoms with Gasteiger partial charge in [0.15, 0.2) is 11.5 Å². The van der Waals surface area contributed by atoms with Crippen molar-refractivity contribution in [2.24, 2.45) is 0 Å². The van der Waals surface area contributed by atoms with E-state index in [9.17, 15) is 9.59 Å². The molecule has 0 bridgehead atoms. The third-order valence-corrected chi connectivity index (χ3v) is 6.47. The van der Waals surface area contributed by atoms with Crippen molar-refractivity contribution < 1.29 is 19.1 Å². The van der Waals surface area contributed by atoms with Crippen LogP contribution in [0.15, 0.2) is 59.5 Å². The Morgan fingerprint density at radius 1 is 0.970 bits per heavy atom. The molecule has 2 amide bonds. The number of methoxy groups -OCH3 is 1. The Morgan fingerprint density at radius 2 is 1.67 bits per heavy atom. The summed E-state index contributed by atoms with van der Waals surface area (Å²) >= 11 is 0.961. The fourth-order valence-electron chi connectivity index (χ4n) is 3.84. The molecule has 7 heteroatoms. The van der Waals surface area contributed by atoms with Gasteiger partial charge in [0, 0.05) is 17.1 Å². The quantitative estimate of drug-likeness (QED) is 0.432. The van der Waals surface area contributed by atoms with Gasteiger partial charge in [-0.2, -0.15) is 0 Å². The minimum atomic E-state index is -0.297. The van der Waals surface area contributed by atoms with Crippen LogP contribution in [0.25, 0.3) is 11.8 Å². The minimum Gasteiger partial charge on any atom is -0.493 e. The van der Waals surface area contributed by atoms with Crippen LogP contribution in [-0.2, 0) is 4.79 Å². The predicted molar refractivity (Wildman–Crippen MR) is 131 cm³/mol. The van der Waals surface area contributed by atoms with E-state index in [4.69, 9.17) is 9.47 Å². The highest BCUT2D eigenvalue weighted by Crippen LogP contribution is 2.34. The summed E-state index contributed by atoms with van der Waals surface area (Å²) in [7, 11) is 1.57. The SMILES string of the molecule is COc1ccccc1OCCN1C(=O)S/C(=C\c2cc(C)n(-c3ccc(C)cc3)c2C)C1=O. The van der Waals surface area contributed by atoms with E-state index in [2.05, 4.69) is 35.8 Å². The summed E-state index contributed by atoms with van der Waals surface area (Å²) < 4.78 is 13.1. The first-order valence-electron chi connectivity index (χ1n) is 10.7. The second-order valence-electron chi connectivity index (χ2n) is 7.83. The number of thioether (sulfide) groups is 1. The number of benzene rings is 2. The summed E-state index contributed by atoms with van der Waals surface area (Å²) in [6, 6.07) is 17.6. The maximum Gasteiger partial charge on any atom is 0.293 e. The van der Waals surface area contributed by atoms with Gasteiger partial charge in [0.05, 0.1) is 18.6 Å². The first-order chi connectivity index (χ1) is 15.9. The number of carbonyl (C=O) groups excluding carboxylic acids is 2. The number of para-hydroxylation sites is 2. The number of ether oxygens (including phenoxy) is 2. The molecular formula is C26H26N2O4S. The van der Waals surface area contributed by atoms with Gasteiger partial charge in [-0.15, -0.1) is 0 Å². The molecule has 0 spiro atoms. The van der Waals surface area contributed by atoms with Crippen molar-refractivity contribution in [3.8, 4) is 17.2 Å². The fourth-order valence-corrected chi connectivity index (χ4v) is 4.70. The third kappa shape index (κ3) is 4.68. The number of hydrogen-bond donors (Lipinski definition) is 0. The Bertz CT molecular complexity index is 1230. The molecule has 1 fully saturated rings. The normalized spacial score (nSPS) is 14.9. The smallest absolute Gasteiger partial charge is 0.293 e. The maximum atomic E-state index is 12.9. The van der Waals surface area contributed by atoms with Gasteiger partial charge < -0.3 is 14.0 Å². The standard InChI is InChI=1S/C26H26N2O4S/c1-17-9-11-21(12-10-17)28-18(2)15-20(19(28)3)16-24-25(29)27(26(30)33-24)13-14-32-23-8-6-5-7-22(23)31-4/h5-12,15-16H,13-14H2,1-4H3/b24-16-. The predicted octanol–water partition coefficient (Wildman–Crippen LogP) is 5.53.